The molecule has 0 spiro atoms. The summed E-state index contributed by atoms with van der Waals surface area (Å²) in [6.45, 7) is 4.33. The fourth-order valence-corrected chi connectivity index (χ4v) is 8.90. The lowest BCUT2D eigenvalue weighted by molar-refractivity contribution is -0.142. The number of aromatic hydroxyl groups is 2. The highest BCUT2D eigenvalue weighted by molar-refractivity contribution is 5.98. The SMILES string of the molecule is CC(=O)N[C@@H](C)C(=O)N[C@@H](Cc1ccccc1)C(=O)N[C@@H](Cc1ccc(O)cc1)C(=O)N[C@@H](CCCN=C(N)N)C(=O)N[C@@H](Cc1c[nH]c2ccccc12)C(=O)N[C@@H](Cc1ccc(O)cc1)C(=O)N[C@@H](C)C(=O)N[C@@H](CCCCN)C(=O)O. The molecule has 4 aromatic carbocycles. The Bertz CT molecular complexity index is 3040. The predicted octanol–water partition coefficient (Wildman–Crippen LogP) is 0.0550. The number of nitrogens with one attached hydrogen (secondary N) is 9. The standard InChI is InChI=1S/C58H75N13O12/c1-33(64-35(3)72)50(75)68-47(28-36-12-5-4-6-13-36)55(80)70-48(30-38-20-24-41(74)25-21-38)54(79)66-44(17-11-27-62-58(60)61)52(77)71-49(31-39-32-63-43-15-8-7-14-42(39)43)56(81)69-46(29-37-18-22-40(73)23-19-37)53(78)65-34(2)51(76)67-45(57(82)83)16-9-10-26-59/h4-8,12-15,18-25,32-34,44-49,63,73-74H,9-11,16-17,26-31,59H2,1-3H3,(H,64,72)(H,65,78)(H,66,79)(H,67,76)(H,68,75)(H,69,81)(H,70,80)(H,71,77)(H,82,83)(H4,60,61,62)/t33-,34-,44-,45-,46-,47-,48-,49-/m0/s1. The Morgan fingerprint density at radius 2 is 0.916 bits per heavy atom. The summed E-state index contributed by atoms with van der Waals surface area (Å²) in [5.41, 5.74) is 19.7. The number of aromatic amines is 1. The molecule has 18 N–H and O–H groups in total. The van der Waals surface area contributed by atoms with Crippen LogP contribution in [0.1, 0.15) is 75.1 Å². The lowest BCUT2D eigenvalue weighted by Crippen LogP contribution is -2.61. The van der Waals surface area contributed by atoms with E-state index in [2.05, 4.69) is 52.5 Å². The van der Waals surface area contributed by atoms with Gasteiger partial charge in [-0.05, 0) is 105 Å². The molecule has 83 heavy (non-hydrogen) atoms. The average molecular weight is 1150 g/mol. The maximum Gasteiger partial charge on any atom is 0.326 e. The Morgan fingerprint density at radius 1 is 0.494 bits per heavy atom. The average Bonchev–Trinajstić information content (AvgIpc) is 4.03. The van der Waals surface area contributed by atoms with E-state index in [0.717, 1.165) is 0 Å². The van der Waals surface area contributed by atoms with Crippen molar-refractivity contribution in [3.63, 3.8) is 0 Å². The van der Waals surface area contributed by atoms with Crippen LogP contribution in [0.5, 0.6) is 11.5 Å². The number of aliphatic imine (C=N–C) groups is 1. The molecule has 0 unspecified atom stereocenters. The Morgan fingerprint density at radius 3 is 1.42 bits per heavy atom. The van der Waals surface area contributed by atoms with Gasteiger partial charge < -0.3 is 80.0 Å². The second-order valence-corrected chi connectivity index (χ2v) is 20.1. The fourth-order valence-electron chi connectivity index (χ4n) is 8.90. The number of aromatic nitrogens is 1. The molecule has 0 bridgehead atoms. The first-order valence-corrected chi connectivity index (χ1v) is 27.1. The summed E-state index contributed by atoms with van der Waals surface area (Å²) < 4.78 is 0. The molecule has 8 amide bonds. The number of unbranched alkanes of at least 4 members (excludes halogenated alkanes) is 1. The van der Waals surface area contributed by atoms with Gasteiger partial charge in [-0.3, -0.25) is 43.3 Å². The van der Waals surface area contributed by atoms with Gasteiger partial charge in [0.25, 0.3) is 0 Å². The third kappa shape index (κ3) is 21.1. The number of carbonyl (C=O) groups excluding carboxylic acids is 8. The number of H-pyrrole nitrogens is 1. The zero-order valence-electron chi connectivity index (χ0n) is 46.5. The number of carboxylic acids is 1. The highest BCUT2D eigenvalue weighted by atomic mass is 16.4. The van der Waals surface area contributed by atoms with Crippen LogP contribution in [0.4, 0.5) is 0 Å². The number of amides is 8. The number of phenols is 2. The summed E-state index contributed by atoms with van der Waals surface area (Å²) in [4.78, 5) is 131. The zero-order valence-corrected chi connectivity index (χ0v) is 46.5. The largest absolute Gasteiger partial charge is 0.508 e. The van der Waals surface area contributed by atoms with Crippen molar-refractivity contribution in [1.29, 1.82) is 0 Å². The second kappa shape index (κ2) is 32.1. The topological polar surface area (TPSA) is 417 Å². The number of nitrogens with two attached hydrogens (primary N) is 3. The first-order chi connectivity index (χ1) is 39.6. The van der Waals surface area contributed by atoms with E-state index >= 15 is 0 Å². The third-order valence-electron chi connectivity index (χ3n) is 13.4. The van der Waals surface area contributed by atoms with E-state index < -0.39 is 102 Å². The van der Waals surface area contributed by atoms with Gasteiger partial charge in [0.1, 0.15) is 59.8 Å². The van der Waals surface area contributed by atoms with Crippen LogP contribution in [0.2, 0.25) is 0 Å². The van der Waals surface area contributed by atoms with Crippen molar-refractivity contribution < 1.29 is 58.5 Å². The molecule has 0 radical (unpaired) electrons. The highest BCUT2D eigenvalue weighted by Gasteiger charge is 2.35. The fraction of sp³-hybridized carbons (Fsp3) is 0.379. The quantitative estimate of drug-likeness (QED) is 0.0154. The number of para-hydroxylation sites is 1. The summed E-state index contributed by atoms with van der Waals surface area (Å²) in [5, 5.41) is 51.8. The number of nitrogens with zero attached hydrogens (tertiary/aromatic N) is 1. The van der Waals surface area contributed by atoms with E-state index in [4.69, 9.17) is 17.2 Å². The van der Waals surface area contributed by atoms with Crippen LogP contribution in [0.25, 0.3) is 10.9 Å². The molecule has 25 heteroatoms. The predicted molar refractivity (Wildman–Crippen MR) is 309 cm³/mol. The second-order valence-electron chi connectivity index (χ2n) is 20.1. The van der Waals surface area contributed by atoms with Crippen molar-refractivity contribution in [3.8, 4) is 11.5 Å². The maximum atomic E-state index is 14.9. The van der Waals surface area contributed by atoms with Gasteiger partial charge in [-0.1, -0.05) is 72.8 Å². The Hall–Kier alpha value is -9.52. The summed E-state index contributed by atoms with van der Waals surface area (Å²) in [6, 6.07) is 16.7. The highest BCUT2D eigenvalue weighted by Crippen LogP contribution is 2.21. The first-order valence-electron chi connectivity index (χ1n) is 27.1. The lowest BCUT2D eigenvalue weighted by Gasteiger charge is -2.28. The number of rotatable bonds is 32. The minimum Gasteiger partial charge on any atom is -0.508 e. The van der Waals surface area contributed by atoms with Gasteiger partial charge in [0, 0.05) is 56.3 Å². The Kier molecular flexibility index (Phi) is 24.8. The van der Waals surface area contributed by atoms with E-state index in [1.165, 1.54) is 69.3 Å². The van der Waals surface area contributed by atoms with Gasteiger partial charge in [0.05, 0.1) is 0 Å². The molecule has 1 heterocycles. The number of aliphatic carboxylic acids is 1. The maximum absolute atomic E-state index is 14.9. The molecule has 25 nitrogen and oxygen atoms in total. The number of carboxylic acid groups (broad SMARTS) is 1. The van der Waals surface area contributed by atoms with E-state index in [-0.39, 0.29) is 68.9 Å². The van der Waals surface area contributed by atoms with Crippen molar-refractivity contribution in [1.82, 2.24) is 47.5 Å². The molecule has 0 aliphatic carbocycles. The van der Waals surface area contributed by atoms with Crippen LogP contribution >= 0.6 is 0 Å². The van der Waals surface area contributed by atoms with Crippen molar-refractivity contribution in [2.24, 2.45) is 22.2 Å². The number of hydrogen-bond acceptors (Lipinski definition) is 13. The third-order valence-corrected chi connectivity index (χ3v) is 13.4. The number of guanidine groups is 1. The van der Waals surface area contributed by atoms with Gasteiger partial charge in [-0.2, -0.15) is 0 Å². The Balaban J connectivity index is 1.49. The summed E-state index contributed by atoms with van der Waals surface area (Å²) in [7, 11) is 0. The van der Waals surface area contributed by atoms with Gasteiger partial charge in [-0.25, -0.2) is 4.79 Å². The minimum absolute atomic E-state index is 0.00241. The molecule has 0 saturated carbocycles. The monoisotopic (exact) mass is 1150 g/mol. The number of phenolic OH excluding ortho intramolecular Hbond substituents is 2. The molecule has 5 rings (SSSR count). The minimum atomic E-state index is -1.49. The number of hydrogen-bond donors (Lipinski definition) is 15. The van der Waals surface area contributed by atoms with Crippen LogP contribution in [0, 0.1) is 0 Å². The molecule has 5 aromatic rings. The summed E-state index contributed by atoms with van der Waals surface area (Å²) >= 11 is 0. The molecule has 0 aliphatic rings. The first kappa shape index (κ1) is 64.3. The van der Waals surface area contributed by atoms with Crippen LogP contribution in [-0.2, 0) is 68.8 Å². The van der Waals surface area contributed by atoms with Crippen molar-refractivity contribution in [3.05, 3.63) is 132 Å². The van der Waals surface area contributed by atoms with Crippen LogP contribution < -0.4 is 59.7 Å². The van der Waals surface area contributed by atoms with E-state index in [1.807, 2.05) is 0 Å². The molecule has 8 atom stereocenters. The lowest BCUT2D eigenvalue weighted by atomic mass is 10.00. The summed E-state index contributed by atoms with van der Waals surface area (Å²) in [6.07, 6.45) is 2.02. The van der Waals surface area contributed by atoms with E-state index in [9.17, 15) is 58.5 Å². The molecule has 444 valence electrons. The van der Waals surface area contributed by atoms with E-state index in [0.29, 0.717) is 52.5 Å². The van der Waals surface area contributed by atoms with E-state index in [1.54, 1.807) is 60.8 Å². The Labute approximate surface area is 479 Å². The van der Waals surface area contributed by atoms with Gasteiger partial charge in [-0.15, -0.1) is 0 Å². The smallest absolute Gasteiger partial charge is 0.326 e. The van der Waals surface area contributed by atoms with Crippen LogP contribution in [0.15, 0.2) is 114 Å². The molecular weight excluding hydrogens is 1070 g/mol. The molecule has 0 fully saturated rings. The molecule has 1 aromatic heterocycles. The van der Waals surface area contributed by atoms with Crippen molar-refractivity contribution in [2.75, 3.05) is 13.1 Å². The van der Waals surface area contributed by atoms with Crippen molar-refractivity contribution in [2.45, 2.75) is 127 Å². The molecule has 0 saturated heterocycles. The summed E-state index contributed by atoms with van der Waals surface area (Å²) in [5.74, 6) is -7.98. The van der Waals surface area contributed by atoms with Crippen molar-refractivity contribution >= 4 is 70.1 Å². The van der Waals surface area contributed by atoms with Gasteiger partial charge >= 0.3 is 5.97 Å². The molecule has 0 aliphatic heterocycles. The molecular formula is C58H75N13O12. The zero-order chi connectivity index (χ0) is 60.6. The number of benzene rings is 4. The number of carbonyl (C=O) groups is 9. The van der Waals surface area contributed by atoms with Crippen LogP contribution in [-0.4, -0.2) is 141 Å². The van der Waals surface area contributed by atoms with Gasteiger partial charge in [0.15, 0.2) is 5.96 Å². The van der Waals surface area contributed by atoms with Gasteiger partial charge in [0.2, 0.25) is 47.3 Å². The normalized spacial score (nSPS) is 13.9. The van der Waals surface area contributed by atoms with Crippen LogP contribution in [0.3, 0.4) is 0 Å². The number of fused-ring (bicyclic) bond motifs is 1.